The number of hydrogen-bond donors (Lipinski definition) is 1. The summed E-state index contributed by atoms with van der Waals surface area (Å²) in [6.07, 6.45) is 1.64. The van der Waals surface area contributed by atoms with Crippen molar-refractivity contribution in [1.82, 2.24) is 4.98 Å². The van der Waals surface area contributed by atoms with E-state index in [4.69, 9.17) is 10.2 Å². The highest BCUT2D eigenvalue weighted by Crippen LogP contribution is 2.37. The first-order chi connectivity index (χ1) is 8.34. The average Bonchev–Trinajstić information content (AvgIpc) is 2.98. The van der Waals surface area contributed by atoms with Gasteiger partial charge in [-0.25, -0.2) is 4.98 Å². The van der Waals surface area contributed by atoms with E-state index < -0.39 is 0 Å². The predicted octanol–water partition coefficient (Wildman–Crippen LogP) is 3.65. The lowest BCUT2D eigenvalue weighted by molar-refractivity contribution is 0.581. The Balaban J connectivity index is 2.18. The minimum atomic E-state index is 0.551. The van der Waals surface area contributed by atoms with Crippen molar-refractivity contribution < 1.29 is 4.42 Å². The van der Waals surface area contributed by atoms with Crippen LogP contribution < -0.4 is 5.73 Å². The molecule has 0 amide bonds. The number of anilines is 1. The lowest BCUT2D eigenvalue weighted by Gasteiger charge is -1.98. The number of hydrogen-bond acceptors (Lipinski definition) is 4. The molecule has 2 aromatic heterocycles. The van der Waals surface area contributed by atoms with Gasteiger partial charge in [0, 0.05) is 0 Å². The molecule has 2 N–H and O–H groups in total. The standard InChI is InChI=1S/C13H10N2OS/c14-13-15-11(10-7-4-8-16-10)12(17-13)9-5-2-1-3-6-9/h1-8H,(H2,14,15). The Morgan fingerprint density at radius 2 is 1.88 bits per heavy atom. The molecule has 3 rings (SSSR count). The molecule has 0 fully saturated rings. The Kier molecular flexibility index (Phi) is 2.42. The number of nitrogens with two attached hydrogens (primary N) is 1. The normalized spacial score (nSPS) is 10.6. The summed E-state index contributed by atoms with van der Waals surface area (Å²) < 4.78 is 5.38. The van der Waals surface area contributed by atoms with Crippen LogP contribution in [-0.2, 0) is 0 Å². The quantitative estimate of drug-likeness (QED) is 0.746. The molecule has 1 aromatic carbocycles. The van der Waals surface area contributed by atoms with E-state index in [9.17, 15) is 0 Å². The van der Waals surface area contributed by atoms with Gasteiger partial charge in [0.05, 0.1) is 11.1 Å². The molecule has 0 spiro atoms. The second-order valence-electron chi connectivity index (χ2n) is 3.57. The molecule has 0 aliphatic heterocycles. The molecule has 84 valence electrons. The summed E-state index contributed by atoms with van der Waals surface area (Å²) in [6.45, 7) is 0. The van der Waals surface area contributed by atoms with E-state index in [1.807, 2.05) is 42.5 Å². The van der Waals surface area contributed by atoms with E-state index in [2.05, 4.69) is 4.98 Å². The van der Waals surface area contributed by atoms with Crippen LogP contribution in [0.3, 0.4) is 0 Å². The Hall–Kier alpha value is -2.07. The van der Waals surface area contributed by atoms with Crippen LogP contribution in [0.1, 0.15) is 0 Å². The average molecular weight is 242 g/mol. The Morgan fingerprint density at radius 3 is 2.59 bits per heavy atom. The van der Waals surface area contributed by atoms with E-state index in [0.717, 1.165) is 21.9 Å². The maximum atomic E-state index is 5.79. The highest BCUT2D eigenvalue weighted by molar-refractivity contribution is 7.19. The summed E-state index contributed by atoms with van der Waals surface area (Å²) in [7, 11) is 0. The van der Waals surface area contributed by atoms with Gasteiger partial charge < -0.3 is 10.2 Å². The molecule has 0 aliphatic carbocycles. The largest absolute Gasteiger partial charge is 0.463 e. The summed E-state index contributed by atoms with van der Waals surface area (Å²) in [4.78, 5) is 5.37. The third kappa shape index (κ3) is 1.83. The number of furan rings is 1. The van der Waals surface area contributed by atoms with Crippen LogP contribution in [0.25, 0.3) is 21.9 Å². The molecule has 2 heterocycles. The fourth-order valence-corrected chi connectivity index (χ4v) is 2.55. The first-order valence-corrected chi connectivity index (χ1v) is 6.02. The maximum absolute atomic E-state index is 5.79. The van der Waals surface area contributed by atoms with Gasteiger partial charge in [-0.1, -0.05) is 41.7 Å². The third-order valence-electron chi connectivity index (χ3n) is 2.43. The number of aromatic nitrogens is 1. The highest BCUT2D eigenvalue weighted by Gasteiger charge is 2.15. The summed E-state index contributed by atoms with van der Waals surface area (Å²) in [5, 5.41) is 0.551. The van der Waals surface area contributed by atoms with Crippen LogP contribution in [0.2, 0.25) is 0 Å². The molecule has 0 saturated carbocycles. The molecular formula is C13H10N2OS. The maximum Gasteiger partial charge on any atom is 0.181 e. The van der Waals surface area contributed by atoms with Crippen molar-refractivity contribution in [3.8, 4) is 21.9 Å². The monoisotopic (exact) mass is 242 g/mol. The van der Waals surface area contributed by atoms with Crippen molar-refractivity contribution in [2.75, 3.05) is 5.73 Å². The molecule has 0 bridgehead atoms. The van der Waals surface area contributed by atoms with Crippen LogP contribution in [0, 0.1) is 0 Å². The van der Waals surface area contributed by atoms with Gasteiger partial charge in [0.15, 0.2) is 10.9 Å². The van der Waals surface area contributed by atoms with E-state index in [1.54, 1.807) is 6.26 Å². The first-order valence-electron chi connectivity index (χ1n) is 5.20. The van der Waals surface area contributed by atoms with Gasteiger partial charge in [-0.3, -0.25) is 0 Å². The SMILES string of the molecule is Nc1nc(-c2ccco2)c(-c2ccccc2)s1. The fourth-order valence-electron chi connectivity index (χ4n) is 1.70. The summed E-state index contributed by atoms with van der Waals surface area (Å²) in [5.74, 6) is 0.747. The Bertz CT molecular complexity index is 614. The second-order valence-corrected chi connectivity index (χ2v) is 4.60. The highest BCUT2D eigenvalue weighted by atomic mass is 32.1. The topological polar surface area (TPSA) is 52.0 Å². The number of benzene rings is 1. The molecule has 0 unspecified atom stereocenters. The van der Waals surface area contributed by atoms with Gasteiger partial charge in [-0.15, -0.1) is 0 Å². The van der Waals surface area contributed by atoms with Crippen LogP contribution in [0.15, 0.2) is 53.1 Å². The Labute approximate surface area is 103 Å². The molecule has 0 radical (unpaired) electrons. The van der Waals surface area contributed by atoms with E-state index in [1.165, 1.54) is 11.3 Å². The van der Waals surface area contributed by atoms with Crippen molar-refractivity contribution in [1.29, 1.82) is 0 Å². The fraction of sp³-hybridized carbons (Fsp3) is 0. The van der Waals surface area contributed by atoms with Crippen LogP contribution >= 0.6 is 11.3 Å². The zero-order chi connectivity index (χ0) is 11.7. The number of nitrogen functional groups attached to an aromatic ring is 1. The van der Waals surface area contributed by atoms with Crippen molar-refractivity contribution in [2.45, 2.75) is 0 Å². The number of nitrogens with zero attached hydrogens (tertiary/aromatic N) is 1. The molecule has 0 saturated heterocycles. The molecule has 0 aliphatic rings. The van der Waals surface area contributed by atoms with Crippen LogP contribution in [0.4, 0.5) is 5.13 Å². The Morgan fingerprint density at radius 1 is 1.06 bits per heavy atom. The lowest BCUT2D eigenvalue weighted by atomic mass is 10.1. The zero-order valence-corrected chi connectivity index (χ0v) is 9.78. The molecule has 0 atom stereocenters. The van der Waals surface area contributed by atoms with E-state index >= 15 is 0 Å². The minimum absolute atomic E-state index is 0.551. The van der Waals surface area contributed by atoms with Gasteiger partial charge >= 0.3 is 0 Å². The minimum Gasteiger partial charge on any atom is -0.463 e. The van der Waals surface area contributed by atoms with Crippen molar-refractivity contribution in [2.24, 2.45) is 0 Å². The molecule has 3 nitrogen and oxygen atoms in total. The van der Waals surface area contributed by atoms with Crippen LogP contribution in [0.5, 0.6) is 0 Å². The predicted molar refractivity (Wildman–Crippen MR) is 69.7 cm³/mol. The van der Waals surface area contributed by atoms with Crippen LogP contribution in [-0.4, -0.2) is 4.98 Å². The van der Waals surface area contributed by atoms with Gasteiger partial charge in [-0.2, -0.15) is 0 Å². The molecular weight excluding hydrogens is 232 g/mol. The second kappa shape index (κ2) is 4.07. The number of thiazole rings is 1. The number of rotatable bonds is 2. The first kappa shape index (κ1) is 10.1. The van der Waals surface area contributed by atoms with Crippen molar-refractivity contribution in [3.05, 3.63) is 48.7 Å². The van der Waals surface area contributed by atoms with E-state index in [-0.39, 0.29) is 0 Å². The molecule has 4 heteroatoms. The smallest absolute Gasteiger partial charge is 0.181 e. The molecule has 3 aromatic rings. The lowest BCUT2D eigenvalue weighted by Crippen LogP contribution is -1.82. The van der Waals surface area contributed by atoms with Gasteiger partial charge in [0.25, 0.3) is 0 Å². The van der Waals surface area contributed by atoms with Gasteiger partial charge in [0.2, 0.25) is 0 Å². The molecule has 17 heavy (non-hydrogen) atoms. The van der Waals surface area contributed by atoms with Gasteiger partial charge in [0.1, 0.15) is 5.69 Å². The van der Waals surface area contributed by atoms with Gasteiger partial charge in [-0.05, 0) is 17.7 Å². The summed E-state index contributed by atoms with van der Waals surface area (Å²) in [5.41, 5.74) is 7.70. The summed E-state index contributed by atoms with van der Waals surface area (Å²) >= 11 is 1.47. The zero-order valence-electron chi connectivity index (χ0n) is 8.96. The van der Waals surface area contributed by atoms with E-state index in [0.29, 0.717) is 5.13 Å². The summed E-state index contributed by atoms with van der Waals surface area (Å²) in [6, 6.07) is 13.8. The van der Waals surface area contributed by atoms with Crippen molar-refractivity contribution >= 4 is 16.5 Å². The van der Waals surface area contributed by atoms with Crippen molar-refractivity contribution in [3.63, 3.8) is 0 Å². The third-order valence-corrected chi connectivity index (χ3v) is 3.37.